The minimum Gasteiger partial charge on any atom is -0.388 e. The molecule has 0 atom stereocenters. The summed E-state index contributed by atoms with van der Waals surface area (Å²) >= 11 is 4.89. The summed E-state index contributed by atoms with van der Waals surface area (Å²) in [6, 6.07) is 3.84. The maximum atomic E-state index is 5.81. The van der Waals surface area contributed by atoms with Crippen molar-refractivity contribution in [3.05, 3.63) is 29.6 Å². The molecule has 16 heavy (non-hydrogen) atoms. The lowest BCUT2D eigenvalue weighted by molar-refractivity contribution is 0.0456. The lowest BCUT2D eigenvalue weighted by Gasteiger charge is -2.11. The molecule has 0 amide bonds. The molecule has 0 spiro atoms. The van der Waals surface area contributed by atoms with Crippen LogP contribution in [0.5, 0.6) is 0 Å². The first-order chi connectivity index (χ1) is 7.75. The van der Waals surface area contributed by atoms with E-state index < -0.39 is 0 Å². The summed E-state index contributed by atoms with van der Waals surface area (Å²) in [5, 5.41) is 0. The second-order valence-corrected chi connectivity index (χ2v) is 4.57. The fourth-order valence-electron chi connectivity index (χ4n) is 1.97. The minimum atomic E-state index is 0.336. The molecule has 1 aliphatic carbocycles. The molecule has 0 radical (unpaired) electrons. The molecule has 2 rings (SSSR count). The topological polar surface area (TPSA) is 48.1 Å². The number of rotatable bonds is 4. The molecule has 1 heterocycles. The van der Waals surface area contributed by atoms with Crippen molar-refractivity contribution in [2.75, 3.05) is 0 Å². The summed E-state index contributed by atoms with van der Waals surface area (Å²) < 4.78 is 5.81. The van der Waals surface area contributed by atoms with Gasteiger partial charge in [-0.25, -0.2) is 0 Å². The van der Waals surface area contributed by atoms with Gasteiger partial charge < -0.3 is 10.5 Å². The van der Waals surface area contributed by atoms with Gasteiger partial charge in [0.25, 0.3) is 0 Å². The Labute approximate surface area is 101 Å². The zero-order valence-corrected chi connectivity index (χ0v) is 10.0. The molecule has 0 aromatic carbocycles. The molecule has 86 valence electrons. The molecule has 1 fully saturated rings. The SMILES string of the molecule is NC(=S)c1cc(COC2CCCC2)ccn1. The molecule has 4 heteroatoms. The quantitative estimate of drug-likeness (QED) is 0.814. The van der Waals surface area contributed by atoms with Crippen LogP contribution in [0.25, 0.3) is 0 Å². The molecule has 1 saturated carbocycles. The average molecular weight is 236 g/mol. The van der Waals surface area contributed by atoms with E-state index in [1.54, 1.807) is 6.20 Å². The molecular weight excluding hydrogens is 220 g/mol. The van der Waals surface area contributed by atoms with Crippen LogP contribution < -0.4 is 5.73 Å². The summed E-state index contributed by atoms with van der Waals surface area (Å²) in [5.41, 5.74) is 7.29. The van der Waals surface area contributed by atoms with Crippen LogP contribution in [0.1, 0.15) is 36.9 Å². The highest BCUT2D eigenvalue weighted by Gasteiger charge is 2.15. The van der Waals surface area contributed by atoms with E-state index in [9.17, 15) is 0 Å². The van der Waals surface area contributed by atoms with Crippen molar-refractivity contribution in [3.63, 3.8) is 0 Å². The Kier molecular flexibility index (Phi) is 3.85. The first-order valence-electron chi connectivity index (χ1n) is 5.62. The third-order valence-corrected chi connectivity index (χ3v) is 3.07. The number of nitrogens with zero attached hydrogens (tertiary/aromatic N) is 1. The third kappa shape index (κ3) is 3.00. The molecule has 1 aliphatic rings. The Hall–Kier alpha value is -1.00. The van der Waals surface area contributed by atoms with Crippen LogP contribution in [0.4, 0.5) is 0 Å². The van der Waals surface area contributed by atoms with Crippen LogP contribution in [0.3, 0.4) is 0 Å². The van der Waals surface area contributed by atoms with Crippen LogP contribution in [-0.4, -0.2) is 16.1 Å². The Morgan fingerprint density at radius 2 is 2.25 bits per heavy atom. The molecule has 0 unspecified atom stereocenters. The smallest absolute Gasteiger partial charge is 0.122 e. The predicted octanol–water partition coefficient (Wildman–Crippen LogP) is 2.17. The van der Waals surface area contributed by atoms with Gasteiger partial charge in [-0.3, -0.25) is 4.98 Å². The summed E-state index contributed by atoms with van der Waals surface area (Å²) in [4.78, 5) is 4.43. The van der Waals surface area contributed by atoms with E-state index >= 15 is 0 Å². The highest BCUT2D eigenvalue weighted by molar-refractivity contribution is 7.80. The van der Waals surface area contributed by atoms with Crippen LogP contribution >= 0.6 is 12.2 Å². The number of hydrogen-bond acceptors (Lipinski definition) is 3. The molecule has 3 nitrogen and oxygen atoms in total. The lowest BCUT2D eigenvalue weighted by atomic mass is 10.2. The van der Waals surface area contributed by atoms with Gasteiger partial charge in [0.2, 0.25) is 0 Å². The van der Waals surface area contributed by atoms with E-state index in [2.05, 4.69) is 4.98 Å². The van der Waals surface area contributed by atoms with Crippen LogP contribution in [0, 0.1) is 0 Å². The van der Waals surface area contributed by atoms with E-state index in [1.165, 1.54) is 25.7 Å². The van der Waals surface area contributed by atoms with E-state index in [4.69, 9.17) is 22.7 Å². The first kappa shape index (κ1) is 11.5. The maximum absolute atomic E-state index is 5.81. The number of ether oxygens (including phenoxy) is 1. The van der Waals surface area contributed by atoms with Gasteiger partial charge in [-0.05, 0) is 30.5 Å². The molecular formula is C12H16N2OS. The number of aromatic nitrogens is 1. The Morgan fingerprint density at radius 3 is 2.94 bits per heavy atom. The highest BCUT2D eigenvalue weighted by atomic mass is 32.1. The van der Waals surface area contributed by atoms with Gasteiger partial charge in [0.1, 0.15) is 4.99 Å². The molecule has 2 N–H and O–H groups in total. The van der Waals surface area contributed by atoms with Gasteiger partial charge in [-0.1, -0.05) is 25.1 Å². The Bertz CT molecular complexity index is 375. The maximum Gasteiger partial charge on any atom is 0.122 e. The fourth-order valence-corrected chi connectivity index (χ4v) is 2.08. The monoisotopic (exact) mass is 236 g/mol. The van der Waals surface area contributed by atoms with Gasteiger partial charge in [-0.2, -0.15) is 0 Å². The second kappa shape index (κ2) is 5.37. The van der Waals surface area contributed by atoms with Crippen molar-refractivity contribution in [1.29, 1.82) is 0 Å². The van der Waals surface area contributed by atoms with Crippen LogP contribution in [0.2, 0.25) is 0 Å². The zero-order chi connectivity index (χ0) is 11.4. The first-order valence-corrected chi connectivity index (χ1v) is 6.03. The van der Waals surface area contributed by atoms with Gasteiger partial charge in [0, 0.05) is 6.20 Å². The van der Waals surface area contributed by atoms with Crippen molar-refractivity contribution in [2.45, 2.75) is 38.4 Å². The normalized spacial score (nSPS) is 16.5. The largest absolute Gasteiger partial charge is 0.388 e. The van der Waals surface area contributed by atoms with Gasteiger partial charge in [0.05, 0.1) is 18.4 Å². The molecule has 1 aromatic heterocycles. The standard InChI is InChI=1S/C12H16N2OS/c13-12(16)11-7-9(5-6-14-11)8-15-10-3-1-2-4-10/h5-7,10H,1-4,8H2,(H2,13,16). The predicted molar refractivity (Wildman–Crippen MR) is 67.2 cm³/mol. The van der Waals surface area contributed by atoms with Gasteiger partial charge in [-0.15, -0.1) is 0 Å². The van der Waals surface area contributed by atoms with E-state index in [0.717, 1.165) is 5.56 Å². The minimum absolute atomic E-state index is 0.336. The van der Waals surface area contributed by atoms with Crippen molar-refractivity contribution >= 4 is 17.2 Å². The van der Waals surface area contributed by atoms with Crippen LogP contribution in [0.15, 0.2) is 18.3 Å². The molecule has 0 aliphatic heterocycles. The summed E-state index contributed by atoms with van der Waals surface area (Å²) in [7, 11) is 0. The number of pyridine rings is 1. The van der Waals surface area contributed by atoms with E-state index in [-0.39, 0.29) is 0 Å². The van der Waals surface area contributed by atoms with Crippen molar-refractivity contribution in [2.24, 2.45) is 5.73 Å². The van der Waals surface area contributed by atoms with Crippen molar-refractivity contribution < 1.29 is 4.74 Å². The number of hydrogen-bond donors (Lipinski definition) is 1. The van der Waals surface area contributed by atoms with Gasteiger partial charge in [0.15, 0.2) is 0 Å². The molecule has 1 aromatic rings. The molecule has 0 bridgehead atoms. The zero-order valence-electron chi connectivity index (χ0n) is 9.19. The van der Waals surface area contributed by atoms with Crippen molar-refractivity contribution in [3.8, 4) is 0 Å². The van der Waals surface area contributed by atoms with Gasteiger partial charge >= 0.3 is 0 Å². The summed E-state index contributed by atoms with van der Waals surface area (Å²) in [5.74, 6) is 0. The lowest BCUT2D eigenvalue weighted by Crippen LogP contribution is -2.12. The Balaban J connectivity index is 1.93. The molecule has 0 saturated heterocycles. The van der Waals surface area contributed by atoms with E-state index in [1.807, 2.05) is 12.1 Å². The van der Waals surface area contributed by atoms with Crippen molar-refractivity contribution in [1.82, 2.24) is 4.98 Å². The summed E-state index contributed by atoms with van der Waals surface area (Å²) in [6.07, 6.45) is 7.11. The second-order valence-electron chi connectivity index (χ2n) is 4.13. The Morgan fingerprint density at radius 1 is 1.50 bits per heavy atom. The average Bonchev–Trinajstić information content (AvgIpc) is 2.79. The summed E-state index contributed by atoms with van der Waals surface area (Å²) in [6.45, 7) is 0.628. The highest BCUT2D eigenvalue weighted by Crippen LogP contribution is 2.22. The van der Waals surface area contributed by atoms with Crippen LogP contribution in [-0.2, 0) is 11.3 Å². The fraction of sp³-hybridized carbons (Fsp3) is 0.500. The number of thiocarbonyl (C=S) groups is 1. The third-order valence-electron chi connectivity index (χ3n) is 2.86. The number of nitrogens with two attached hydrogens (primary N) is 1. The van der Waals surface area contributed by atoms with E-state index in [0.29, 0.717) is 23.4 Å².